The summed E-state index contributed by atoms with van der Waals surface area (Å²) < 4.78 is 79.5. The van der Waals surface area contributed by atoms with Crippen molar-refractivity contribution in [2.45, 2.75) is 113 Å². The molecular formula is C58H67F3N8O8S. The molecule has 6 aromatic rings. The van der Waals surface area contributed by atoms with E-state index in [4.69, 9.17) is 9.47 Å². The number of piperazine rings is 1. The fraction of sp³-hybridized carbons (Fsp3) is 0.448. The second-order valence-electron chi connectivity index (χ2n) is 22.4. The minimum absolute atomic E-state index is 0.0629. The number of carbonyl (C=O) groups is 1. The summed E-state index contributed by atoms with van der Waals surface area (Å²) in [6.07, 6.45) is 5.62. The number of nitrogens with zero attached hydrogens (tertiary/aromatic N) is 5. The maximum Gasteiger partial charge on any atom is 0.422 e. The summed E-state index contributed by atoms with van der Waals surface area (Å²) in [7, 11) is -4.62. The average molecular weight is 1090 g/mol. The molecule has 2 aliphatic carbocycles. The number of ether oxygens (including phenoxy) is 2. The van der Waals surface area contributed by atoms with Gasteiger partial charge in [0, 0.05) is 87.3 Å². The fourth-order valence-corrected chi connectivity index (χ4v) is 13.0. The minimum Gasteiger partial charge on any atom is -0.484 e. The van der Waals surface area contributed by atoms with Crippen molar-refractivity contribution in [3.05, 3.63) is 142 Å². The molecule has 2 aliphatic heterocycles. The first-order valence-electron chi connectivity index (χ1n) is 26.9. The summed E-state index contributed by atoms with van der Waals surface area (Å²) in [5.74, 6) is 0.155. The van der Waals surface area contributed by atoms with Crippen LogP contribution in [-0.4, -0.2) is 108 Å². The monoisotopic (exact) mass is 1090 g/mol. The molecule has 1 spiro atoms. The van der Waals surface area contributed by atoms with Gasteiger partial charge in [-0.05, 0) is 141 Å². The first kappa shape index (κ1) is 54.6. The van der Waals surface area contributed by atoms with Crippen LogP contribution >= 0.6 is 0 Å². The Hall–Kier alpha value is -6.74. The number of rotatable bonds is 17. The molecule has 0 bridgehead atoms. The third-order valence-electron chi connectivity index (χ3n) is 16.5. The molecule has 4 aromatic carbocycles. The number of hydrogen-bond donors (Lipinski definition) is 4. The van der Waals surface area contributed by atoms with E-state index in [0.29, 0.717) is 49.3 Å². The summed E-state index contributed by atoms with van der Waals surface area (Å²) in [6, 6.07) is 28.3. The van der Waals surface area contributed by atoms with Gasteiger partial charge < -0.3 is 29.8 Å². The van der Waals surface area contributed by atoms with Gasteiger partial charge >= 0.3 is 6.18 Å². The Labute approximate surface area is 452 Å². The molecule has 1 amide bonds. The van der Waals surface area contributed by atoms with Crippen molar-refractivity contribution in [3.63, 3.8) is 0 Å². The number of nitro groups is 1. The molecule has 4 N–H and O–H groups in total. The van der Waals surface area contributed by atoms with Crippen LogP contribution in [-0.2, 0) is 16.6 Å². The van der Waals surface area contributed by atoms with Crippen molar-refractivity contribution in [3.8, 4) is 17.2 Å². The van der Waals surface area contributed by atoms with Crippen LogP contribution in [0.15, 0.2) is 114 Å². The van der Waals surface area contributed by atoms with Gasteiger partial charge in [0.1, 0.15) is 28.6 Å². The van der Waals surface area contributed by atoms with Crippen molar-refractivity contribution < 1.29 is 45.9 Å². The largest absolute Gasteiger partial charge is 0.484 e. The van der Waals surface area contributed by atoms with Crippen molar-refractivity contribution in [1.29, 1.82) is 0 Å². The number of sulfonamides is 1. The van der Waals surface area contributed by atoms with Gasteiger partial charge in [0.05, 0.1) is 27.2 Å². The number of alkyl halides is 3. The van der Waals surface area contributed by atoms with Gasteiger partial charge in [-0.2, -0.15) is 13.2 Å². The van der Waals surface area contributed by atoms with Gasteiger partial charge in [0.2, 0.25) is 0 Å². The number of aromatic amines is 1. The van der Waals surface area contributed by atoms with E-state index < -0.39 is 49.8 Å². The van der Waals surface area contributed by atoms with Crippen molar-refractivity contribution in [1.82, 2.24) is 24.5 Å². The Bertz CT molecular complexity index is 3240. The predicted octanol–water partition coefficient (Wildman–Crippen LogP) is 11.1. The van der Waals surface area contributed by atoms with E-state index in [-0.39, 0.29) is 40.1 Å². The highest BCUT2D eigenvalue weighted by Crippen LogP contribution is 2.53. The van der Waals surface area contributed by atoms with Gasteiger partial charge in [-0.15, -0.1) is 0 Å². The molecule has 2 aromatic heterocycles. The highest BCUT2D eigenvalue weighted by molar-refractivity contribution is 7.90. The lowest BCUT2D eigenvalue weighted by atomic mass is 9.59. The van der Waals surface area contributed by atoms with Gasteiger partial charge in [-0.1, -0.05) is 50.2 Å². The lowest BCUT2D eigenvalue weighted by molar-refractivity contribution is -0.384. The van der Waals surface area contributed by atoms with Crippen LogP contribution in [0.2, 0.25) is 0 Å². The van der Waals surface area contributed by atoms with E-state index in [1.54, 1.807) is 49.5 Å². The molecule has 20 heteroatoms. The van der Waals surface area contributed by atoms with Gasteiger partial charge in [0.15, 0.2) is 6.61 Å². The normalized spacial score (nSPS) is 21.4. The van der Waals surface area contributed by atoms with Crippen molar-refractivity contribution in [2.24, 2.45) is 11.3 Å². The first-order valence-corrected chi connectivity index (χ1v) is 28.3. The van der Waals surface area contributed by atoms with Gasteiger partial charge in [-0.3, -0.25) is 24.7 Å². The second-order valence-corrected chi connectivity index (χ2v) is 24.1. The summed E-state index contributed by atoms with van der Waals surface area (Å²) >= 11 is 0. The molecule has 16 nitrogen and oxygen atoms in total. The number of fused-ring (bicyclic) bond motifs is 1. The van der Waals surface area contributed by atoms with Crippen LogP contribution in [0.3, 0.4) is 0 Å². The average Bonchev–Trinajstić information content (AvgIpc) is 4.04. The van der Waals surface area contributed by atoms with Gasteiger partial charge in [0.25, 0.3) is 21.6 Å². The molecule has 2 saturated heterocycles. The number of nitro benzene ring substituents is 1. The number of halogens is 3. The number of pyridine rings is 1. The number of anilines is 2. The van der Waals surface area contributed by atoms with Crippen LogP contribution in [0, 0.1) is 21.4 Å². The molecule has 4 aliphatic rings. The van der Waals surface area contributed by atoms with Crippen LogP contribution in [0.4, 0.5) is 30.2 Å². The van der Waals surface area contributed by atoms with E-state index in [1.165, 1.54) is 29.5 Å². The van der Waals surface area contributed by atoms with Crippen LogP contribution in [0.5, 0.6) is 17.2 Å². The number of aromatic nitrogens is 2. The number of amides is 1. The Balaban J connectivity index is 0.817. The molecule has 2 saturated carbocycles. The quantitative estimate of drug-likeness (QED) is 0.0498. The molecule has 414 valence electrons. The SMILES string of the molecule is CC(C)c1ccccc1C1CN(Cc2ccc(OCC(F)(F)F)cc2)CCN1C1CC2(CCN(c3ccc(C(=O)NS(=O)(=O)c4ccc(NC[C@H]5CC[C@](C)(O)CC5)c([N+](=O)[O-])c4)c(Oc4cnc5[nH]ccc5c4)c3)CC2)C1. The third-order valence-corrected chi connectivity index (χ3v) is 17.8. The molecule has 10 rings (SSSR count). The number of piperidine rings is 1. The van der Waals surface area contributed by atoms with E-state index in [2.05, 4.69) is 72.8 Å². The summed E-state index contributed by atoms with van der Waals surface area (Å²) in [4.78, 5) is 40.2. The predicted molar refractivity (Wildman–Crippen MR) is 292 cm³/mol. The number of aliphatic hydroxyl groups is 1. The van der Waals surface area contributed by atoms with Crippen molar-refractivity contribution in [2.75, 3.05) is 56.1 Å². The molecule has 4 fully saturated rings. The maximum absolute atomic E-state index is 14.1. The molecule has 1 atom stereocenters. The summed E-state index contributed by atoms with van der Waals surface area (Å²) in [5.41, 5.74) is 4.17. The highest BCUT2D eigenvalue weighted by Gasteiger charge is 2.50. The highest BCUT2D eigenvalue weighted by atomic mass is 32.2. The van der Waals surface area contributed by atoms with Crippen LogP contribution in [0.1, 0.15) is 111 Å². The Morgan fingerprint density at radius 3 is 2.40 bits per heavy atom. The van der Waals surface area contributed by atoms with E-state index in [0.717, 1.165) is 94.0 Å². The zero-order valence-corrected chi connectivity index (χ0v) is 44.9. The first-order chi connectivity index (χ1) is 37.2. The minimum atomic E-state index is -4.62. The fourth-order valence-electron chi connectivity index (χ4n) is 12.0. The van der Waals surface area contributed by atoms with Crippen molar-refractivity contribution >= 4 is 44.0 Å². The Morgan fingerprint density at radius 1 is 0.936 bits per heavy atom. The zero-order valence-electron chi connectivity index (χ0n) is 44.1. The molecule has 4 heterocycles. The van der Waals surface area contributed by atoms with Gasteiger partial charge in [-0.25, -0.2) is 18.1 Å². The molecular weight excluding hydrogens is 1030 g/mol. The summed E-state index contributed by atoms with van der Waals surface area (Å²) in [5, 5.41) is 26.5. The molecule has 0 radical (unpaired) electrons. The molecule has 78 heavy (non-hydrogen) atoms. The standard InChI is InChI=1S/C58H67F3N8O8S/c1-38(2)47-6-4-5-7-48(47)52-36-66(35-40-8-11-44(12-9-40)76-37-58(59,60)61)26-27-68(52)43-31-57(32-43)21-24-67(25-22-57)42-10-14-49(53(29-42)77-45-28-41-18-23-62-54(41)64-34-45)55(70)65-78(74,75)46-13-15-50(51(30-46)69(72)73)63-33-39-16-19-56(3,71)20-17-39/h4-15,18,23,28-30,34,38-39,43,52,63,71H,16-17,19-22,24-27,31-33,35-37H2,1-3H3,(H,62,64)(H,65,70)/t39-,52?,56-. The number of nitrogens with one attached hydrogen (secondary N) is 3. The maximum atomic E-state index is 14.1. The summed E-state index contributed by atoms with van der Waals surface area (Å²) in [6.45, 7) is 10.1. The second kappa shape index (κ2) is 22.2. The Kier molecular flexibility index (Phi) is 15.5. The van der Waals surface area contributed by atoms with Crippen LogP contribution in [0.25, 0.3) is 11.0 Å². The number of H-pyrrole nitrogens is 1. The number of hydrogen-bond acceptors (Lipinski definition) is 13. The third kappa shape index (κ3) is 12.6. The zero-order chi connectivity index (χ0) is 55.0. The molecule has 1 unspecified atom stereocenters. The Morgan fingerprint density at radius 2 is 1.68 bits per heavy atom. The van der Waals surface area contributed by atoms with Crippen LogP contribution < -0.4 is 24.4 Å². The van der Waals surface area contributed by atoms with E-state index in [9.17, 15) is 41.6 Å². The van der Waals surface area contributed by atoms with E-state index >= 15 is 0 Å². The smallest absolute Gasteiger partial charge is 0.422 e. The lowest BCUT2D eigenvalue weighted by Gasteiger charge is -2.58. The lowest BCUT2D eigenvalue weighted by Crippen LogP contribution is -2.60. The number of carbonyl (C=O) groups excluding carboxylic acids is 1. The van der Waals surface area contributed by atoms with E-state index in [1.807, 2.05) is 18.2 Å². The topological polar surface area (TPSA) is 195 Å². The number of benzene rings is 4.